The molecule has 2 heteroatoms. The fourth-order valence-corrected chi connectivity index (χ4v) is 3.22. The number of benzene rings is 1. The van der Waals surface area contributed by atoms with E-state index in [0.717, 1.165) is 6.54 Å². The monoisotopic (exact) mass is 289 g/mol. The summed E-state index contributed by atoms with van der Waals surface area (Å²) in [6, 6.07) is 9.12. The van der Waals surface area contributed by atoms with Gasteiger partial charge in [0.15, 0.2) is 0 Å². The first-order valence-electron chi connectivity index (χ1n) is 8.52. The predicted octanol–water partition coefficient (Wildman–Crippen LogP) is 4.63. The van der Waals surface area contributed by atoms with Crippen molar-refractivity contribution in [3.8, 4) is 0 Å². The molecule has 0 radical (unpaired) electrons. The molecule has 0 aromatic heterocycles. The fraction of sp³-hybridized carbons (Fsp3) is 0.684. The summed E-state index contributed by atoms with van der Waals surface area (Å²) < 4.78 is 6.56. The van der Waals surface area contributed by atoms with Gasteiger partial charge in [0.25, 0.3) is 0 Å². The normalized spacial score (nSPS) is 24.2. The molecule has 3 unspecified atom stereocenters. The van der Waals surface area contributed by atoms with Crippen LogP contribution in [0.2, 0.25) is 0 Å². The van der Waals surface area contributed by atoms with Crippen molar-refractivity contribution in [1.82, 2.24) is 5.32 Å². The van der Waals surface area contributed by atoms with Gasteiger partial charge in [-0.15, -0.1) is 0 Å². The highest BCUT2D eigenvalue weighted by molar-refractivity contribution is 5.28. The largest absolute Gasteiger partial charge is 0.369 e. The fourth-order valence-electron chi connectivity index (χ4n) is 3.22. The maximum Gasteiger partial charge on any atom is 0.0955 e. The zero-order valence-electron chi connectivity index (χ0n) is 14.1. The number of nitrogens with one attached hydrogen (secondary N) is 1. The van der Waals surface area contributed by atoms with Crippen molar-refractivity contribution in [3.63, 3.8) is 0 Å². The van der Waals surface area contributed by atoms with Crippen LogP contribution in [0.5, 0.6) is 0 Å². The molecule has 0 saturated heterocycles. The van der Waals surface area contributed by atoms with E-state index in [1.807, 2.05) is 0 Å². The summed E-state index contributed by atoms with van der Waals surface area (Å²) in [6.45, 7) is 9.81. The smallest absolute Gasteiger partial charge is 0.0955 e. The van der Waals surface area contributed by atoms with Crippen molar-refractivity contribution in [2.24, 2.45) is 5.92 Å². The molecule has 1 fully saturated rings. The van der Waals surface area contributed by atoms with E-state index in [-0.39, 0.29) is 6.10 Å². The Labute approximate surface area is 130 Å². The molecular weight excluding hydrogens is 258 g/mol. The van der Waals surface area contributed by atoms with Gasteiger partial charge in [0, 0.05) is 12.6 Å². The van der Waals surface area contributed by atoms with Crippen LogP contribution in [-0.4, -0.2) is 18.7 Å². The number of rotatable bonds is 6. The van der Waals surface area contributed by atoms with Crippen LogP contribution in [0.4, 0.5) is 0 Å². The Morgan fingerprint density at radius 1 is 1.19 bits per heavy atom. The molecule has 1 aromatic rings. The van der Waals surface area contributed by atoms with E-state index in [2.05, 4.69) is 57.3 Å². The summed E-state index contributed by atoms with van der Waals surface area (Å²) in [4.78, 5) is 0. The van der Waals surface area contributed by atoms with Crippen molar-refractivity contribution < 1.29 is 4.74 Å². The van der Waals surface area contributed by atoms with E-state index in [0.29, 0.717) is 18.1 Å². The molecule has 2 nitrogen and oxygen atoms in total. The van der Waals surface area contributed by atoms with Gasteiger partial charge < -0.3 is 10.1 Å². The van der Waals surface area contributed by atoms with Gasteiger partial charge in [0.05, 0.1) is 12.2 Å². The van der Waals surface area contributed by atoms with Gasteiger partial charge in [-0.2, -0.15) is 0 Å². The molecule has 0 heterocycles. The summed E-state index contributed by atoms with van der Waals surface area (Å²) in [5.74, 6) is 0.685. The average Bonchev–Trinajstić information content (AvgIpc) is 2.46. The van der Waals surface area contributed by atoms with E-state index >= 15 is 0 Å². The number of hydrogen-bond acceptors (Lipinski definition) is 2. The van der Waals surface area contributed by atoms with Gasteiger partial charge >= 0.3 is 0 Å². The quantitative estimate of drug-likeness (QED) is 0.824. The standard InChI is InChI=1S/C19H31NO/c1-14(2)20-13-19(17-11-7-5-9-15(17)3)21-18-12-8-6-10-16(18)4/h5,7,9,11,14,16,18-20H,6,8,10,12-13H2,1-4H3. The second kappa shape index (κ2) is 7.95. The minimum atomic E-state index is 0.166. The lowest BCUT2D eigenvalue weighted by atomic mass is 9.87. The first-order valence-corrected chi connectivity index (χ1v) is 8.52. The highest BCUT2D eigenvalue weighted by Crippen LogP contribution is 2.31. The molecule has 2 rings (SSSR count). The van der Waals surface area contributed by atoms with E-state index in [9.17, 15) is 0 Å². The van der Waals surface area contributed by atoms with Crippen LogP contribution in [-0.2, 0) is 4.74 Å². The van der Waals surface area contributed by atoms with Gasteiger partial charge in [0.2, 0.25) is 0 Å². The van der Waals surface area contributed by atoms with E-state index in [1.165, 1.54) is 36.8 Å². The third-order valence-electron chi connectivity index (χ3n) is 4.62. The lowest BCUT2D eigenvalue weighted by molar-refractivity contribution is -0.0571. The van der Waals surface area contributed by atoms with Crippen molar-refractivity contribution in [2.75, 3.05) is 6.54 Å². The van der Waals surface area contributed by atoms with Gasteiger partial charge in [0.1, 0.15) is 0 Å². The molecule has 1 N–H and O–H groups in total. The molecule has 1 aliphatic carbocycles. The number of ether oxygens (including phenoxy) is 1. The minimum Gasteiger partial charge on any atom is -0.369 e. The second-order valence-corrected chi connectivity index (χ2v) is 6.84. The molecule has 0 bridgehead atoms. The molecule has 0 aliphatic heterocycles. The summed E-state index contributed by atoms with van der Waals surface area (Å²) >= 11 is 0. The average molecular weight is 289 g/mol. The third-order valence-corrected chi connectivity index (χ3v) is 4.62. The Bertz CT molecular complexity index is 429. The van der Waals surface area contributed by atoms with Crippen LogP contribution in [0.1, 0.15) is 63.7 Å². The SMILES string of the molecule is Cc1ccccc1C(CNC(C)C)OC1CCCCC1C. The summed E-state index contributed by atoms with van der Waals surface area (Å²) in [5, 5.41) is 3.55. The van der Waals surface area contributed by atoms with E-state index in [4.69, 9.17) is 4.74 Å². The Morgan fingerprint density at radius 2 is 1.90 bits per heavy atom. The summed E-state index contributed by atoms with van der Waals surface area (Å²) in [5.41, 5.74) is 2.67. The highest BCUT2D eigenvalue weighted by atomic mass is 16.5. The summed E-state index contributed by atoms with van der Waals surface area (Å²) in [7, 11) is 0. The molecule has 1 aliphatic rings. The van der Waals surface area contributed by atoms with Gasteiger partial charge in [-0.05, 0) is 36.8 Å². The molecule has 1 saturated carbocycles. The Hall–Kier alpha value is -0.860. The van der Waals surface area contributed by atoms with Crippen LogP contribution < -0.4 is 5.32 Å². The maximum atomic E-state index is 6.56. The molecule has 118 valence electrons. The van der Waals surface area contributed by atoms with Crippen LogP contribution >= 0.6 is 0 Å². The molecule has 0 amide bonds. The molecule has 1 aromatic carbocycles. The van der Waals surface area contributed by atoms with Crippen molar-refractivity contribution in [2.45, 2.75) is 71.6 Å². The second-order valence-electron chi connectivity index (χ2n) is 6.84. The van der Waals surface area contributed by atoms with Gasteiger partial charge in [-0.25, -0.2) is 0 Å². The molecular formula is C19H31NO. The first kappa shape index (κ1) is 16.5. The third kappa shape index (κ3) is 4.82. The zero-order valence-corrected chi connectivity index (χ0v) is 14.1. The van der Waals surface area contributed by atoms with E-state index < -0.39 is 0 Å². The zero-order chi connectivity index (χ0) is 15.2. The minimum absolute atomic E-state index is 0.166. The molecule has 0 spiro atoms. The Balaban J connectivity index is 2.10. The lowest BCUT2D eigenvalue weighted by Crippen LogP contribution is -2.34. The first-order chi connectivity index (χ1) is 10.1. The van der Waals surface area contributed by atoms with Crippen LogP contribution in [0.25, 0.3) is 0 Å². The molecule has 3 atom stereocenters. The number of hydrogen-bond donors (Lipinski definition) is 1. The topological polar surface area (TPSA) is 21.3 Å². The van der Waals surface area contributed by atoms with Gasteiger partial charge in [-0.3, -0.25) is 0 Å². The van der Waals surface area contributed by atoms with Crippen molar-refractivity contribution >= 4 is 0 Å². The maximum absolute atomic E-state index is 6.56. The van der Waals surface area contributed by atoms with Crippen molar-refractivity contribution in [3.05, 3.63) is 35.4 Å². The Kier molecular flexibility index (Phi) is 6.25. The lowest BCUT2D eigenvalue weighted by Gasteiger charge is -2.33. The predicted molar refractivity (Wildman–Crippen MR) is 89.6 cm³/mol. The van der Waals surface area contributed by atoms with Gasteiger partial charge in [-0.1, -0.05) is 57.9 Å². The highest BCUT2D eigenvalue weighted by Gasteiger charge is 2.26. The Morgan fingerprint density at radius 3 is 2.57 bits per heavy atom. The van der Waals surface area contributed by atoms with Crippen LogP contribution in [0.15, 0.2) is 24.3 Å². The molecule has 21 heavy (non-hydrogen) atoms. The van der Waals surface area contributed by atoms with Crippen molar-refractivity contribution in [1.29, 1.82) is 0 Å². The van der Waals surface area contributed by atoms with Crippen LogP contribution in [0, 0.1) is 12.8 Å². The number of aryl methyl sites for hydroxylation is 1. The van der Waals surface area contributed by atoms with E-state index in [1.54, 1.807) is 0 Å². The summed E-state index contributed by atoms with van der Waals surface area (Å²) in [6.07, 6.45) is 5.78. The van der Waals surface area contributed by atoms with Crippen LogP contribution in [0.3, 0.4) is 0 Å².